The maximum absolute atomic E-state index is 5.74. The minimum Gasteiger partial charge on any atom is -0.491 e. The maximum Gasteiger partial charge on any atom is 0.120 e. The standard InChI is InChI=1S/C18H29NO/c1-13(2)20-17-10-11-18(14(3)12-17)19-15(4)16-8-6-5-7-9-16/h10-13,15-16,19H,5-9H2,1-4H3. The molecule has 0 amide bonds. The summed E-state index contributed by atoms with van der Waals surface area (Å²) in [5, 5.41) is 3.70. The van der Waals surface area contributed by atoms with E-state index in [1.807, 2.05) is 0 Å². The second-order valence-corrected chi connectivity index (χ2v) is 6.47. The monoisotopic (exact) mass is 275 g/mol. The third-order valence-corrected chi connectivity index (χ3v) is 4.31. The first-order valence-corrected chi connectivity index (χ1v) is 8.10. The number of rotatable bonds is 5. The minimum atomic E-state index is 0.231. The molecule has 1 aromatic carbocycles. The SMILES string of the molecule is Cc1cc(OC(C)C)ccc1NC(C)C1CCCCC1. The van der Waals surface area contributed by atoms with E-state index in [1.54, 1.807) is 0 Å². The molecule has 0 heterocycles. The number of hydrogen-bond donors (Lipinski definition) is 1. The Labute approximate surface area is 123 Å². The van der Waals surface area contributed by atoms with E-state index in [0.717, 1.165) is 11.7 Å². The lowest BCUT2D eigenvalue weighted by atomic mass is 9.84. The number of nitrogens with one attached hydrogen (secondary N) is 1. The van der Waals surface area contributed by atoms with Crippen molar-refractivity contribution in [3.8, 4) is 5.75 Å². The van der Waals surface area contributed by atoms with Gasteiger partial charge in [0, 0.05) is 11.7 Å². The summed E-state index contributed by atoms with van der Waals surface area (Å²) >= 11 is 0. The molecular weight excluding hydrogens is 246 g/mol. The summed E-state index contributed by atoms with van der Waals surface area (Å²) in [6.45, 7) is 8.61. The van der Waals surface area contributed by atoms with Crippen molar-refractivity contribution in [1.82, 2.24) is 0 Å². The van der Waals surface area contributed by atoms with Crippen LogP contribution in [0.4, 0.5) is 5.69 Å². The first-order chi connectivity index (χ1) is 9.56. The highest BCUT2D eigenvalue weighted by Crippen LogP contribution is 2.29. The Bertz CT molecular complexity index is 421. The van der Waals surface area contributed by atoms with Gasteiger partial charge in [-0.05, 0) is 70.2 Å². The highest BCUT2D eigenvalue weighted by molar-refractivity contribution is 5.54. The number of hydrogen-bond acceptors (Lipinski definition) is 2. The van der Waals surface area contributed by atoms with Gasteiger partial charge in [0.2, 0.25) is 0 Å². The molecule has 1 unspecified atom stereocenters. The van der Waals surface area contributed by atoms with E-state index in [0.29, 0.717) is 6.04 Å². The normalized spacial score (nSPS) is 18.1. The summed E-state index contributed by atoms with van der Waals surface area (Å²) in [5.41, 5.74) is 2.52. The number of anilines is 1. The van der Waals surface area contributed by atoms with Crippen LogP contribution in [0.15, 0.2) is 18.2 Å². The van der Waals surface area contributed by atoms with Crippen molar-refractivity contribution in [2.24, 2.45) is 5.92 Å². The Kier molecular flexibility index (Phi) is 5.33. The van der Waals surface area contributed by atoms with E-state index in [1.165, 1.54) is 43.4 Å². The molecule has 0 bridgehead atoms. The van der Waals surface area contributed by atoms with E-state index in [9.17, 15) is 0 Å². The van der Waals surface area contributed by atoms with Crippen molar-refractivity contribution in [3.63, 3.8) is 0 Å². The van der Waals surface area contributed by atoms with Crippen LogP contribution in [0, 0.1) is 12.8 Å². The van der Waals surface area contributed by atoms with Crippen molar-refractivity contribution in [2.45, 2.75) is 71.9 Å². The first-order valence-electron chi connectivity index (χ1n) is 8.10. The largest absolute Gasteiger partial charge is 0.491 e. The molecule has 1 aromatic rings. The summed E-state index contributed by atoms with van der Waals surface area (Å²) in [5.74, 6) is 1.79. The van der Waals surface area contributed by atoms with Crippen molar-refractivity contribution >= 4 is 5.69 Å². The summed E-state index contributed by atoms with van der Waals surface area (Å²) in [6, 6.07) is 6.93. The van der Waals surface area contributed by atoms with Crippen LogP contribution >= 0.6 is 0 Å². The lowest BCUT2D eigenvalue weighted by molar-refractivity contribution is 0.242. The molecule has 1 fully saturated rings. The van der Waals surface area contributed by atoms with Gasteiger partial charge in [0.15, 0.2) is 0 Å². The summed E-state index contributed by atoms with van der Waals surface area (Å²) < 4.78 is 5.74. The number of aryl methyl sites for hydroxylation is 1. The van der Waals surface area contributed by atoms with Crippen molar-refractivity contribution in [1.29, 1.82) is 0 Å². The Morgan fingerprint density at radius 1 is 1.10 bits per heavy atom. The molecule has 112 valence electrons. The van der Waals surface area contributed by atoms with Crippen LogP contribution < -0.4 is 10.1 Å². The average Bonchev–Trinajstić information content (AvgIpc) is 2.42. The summed E-state index contributed by atoms with van der Waals surface area (Å²) in [7, 11) is 0. The van der Waals surface area contributed by atoms with E-state index < -0.39 is 0 Å². The fourth-order valence-corrected chi connectivity index (χ4v) is 3.14. The number of ether oxygens (including phenoxy) is 1. The maximum atomic E-state index is 5.74. The average molecular weight is 275 g/mol. The highest BCUT2D eigenvalue weighted by atomic mass is 16.5. The van der Waals surface area contributed by atoms with Crippen molar-refractivity contribution in [2.75, 3.05) is 5.32 Å². The molecule has 0 aliphatic heterocycles. The zero-order valence-electron chi connectivity index (χ0n) is 13.4. The van der Waals surface area contributed by atoms with Crippen molar-refractivity contribution < 1.29 is 4.74 Å². The van der Waals surface area contributed by atoms with Gasteiger partial charge in [-0.3, -0.25) is 0 Å². The van der Waals surface area contributed by atoms with Crippen LogP contribution in [-0.4, -0.2) is 12.1 Å². The molecule has 2 heteroatoms. The Morgan fingerprint density at radius 3 is 2.40 bits per heavy atom. The molecule has 2 nitrogen and oxygen atoms in total. The van der Waals surface area contributed by atoms with Crippen LogP contribution in [0.3, 0.4) is 0 Å². The molecule has 1 atom stereocenters. The van der Waals surface area contributed by atoms with Crippen LogP contribution in [-0.2, 0) is 0 Å². The van der Waals surface area contributed by atoms with Gasteiger partial charge in [-0.25, -0.2) is 0 Å². The number of benzene rings is 1. The molecule has 0 saturated heterocycles. The molecule has 1 N–H and O–H groups in total. The van der Waals surface area contributed by atoms with Crippen LogP contribution in [0.5, 0.6) is 5.75 Å². The van der Waals surface area contributed by atoms with E-state index in [4.69, 9.17) is 4.74 Å². The van der Waals surface area contributed by atoms with Crippen LogP contribution in [0.2, 0.25) is 0 Å². The van der Waals surface area contributed by atoms with Crippen molar-refractivity contribution in [3.05, 3.63) is 23.8 Å². The molecule has 1 aliphatic carbocycles. The smallest absolute Gasteiger partial charge is 0.120 e. The zero-order chi connectivity index (χ0) is 14.5. The predicted octanol–water partition coefficient (Wildman–Crippen LogP) is 5.16. The van der Waals surface area contributed by atoms with Gasteiger partial charge in [0.05, 0.1) is 6.10 Å². The molecule has 1 saturated carbocycles. The third kappa shape index (κ3) is 4.16. The van der Waals surface area contributed by atoms with Gasteiger partial charge < -0.3 is 10.1 Å². The second kappa shape index (κ2) is 7.01. The summed E-state index contributed by atoms with van der Waals surface area (Å²) in [4.78, 5) is 0. The minimum absolute atomic E-state index is 0.231. The molecule has 0 spiro atoms. The fraction of sp³-hybridized carbons (Fsp3) is 0.667. The van der Waals surface area contributed by atoms with Gasteiger partial charge in [-0.2, -0.15) is 0 Å². The molecular formula is C18H29NO. The van der Waals surface area contributed by atoms with Gasteiger partial charge in [0.1, 0.15) is 5.75 Å². The molecule has 20 heavy (non-hydrogen) atoms. The van der Waals surface area contributed by atoms with E-state index >= 15 is 0 Å². The molecule has 1 aliphatic rings. The third-order valence-electron chi connectivity index (χ3n) is 4.31. The Hall–Kier alpha value is -1.18. The van der Waals surface area contributed by atoms with Gasteiger partial charge >= 0.3 is 0 Å². The molecule has 2 rings (SSSR count). The Balaban J connectivity index is 1.98. The van der Waals surface area contributed by atoms with Crippen LogP contribution in [0.25, 0.3) is 0 Å². The first kappa shape index (κ1) is 15.2. The zero-order valence-corrected chi connectivity index (χ0v) is 13.4. The molecule has 0 radical (unpaired) electrons. The topological polar surface area (TPSA) is 21.3 Å². The quantitative estimate of drug-likeness (QED) is 0.801. The fourth-order valence-electron chi connectivity index (χ4n) is 3.14. The van der Waals surface area contributed by atoms with Gasteiger partial charge in [-0.1, -0.05) is 19.3 Å². The lowest BCUT2D eigenvalue weighted by Gasteiger charge is -2.29. The van der Waals surface area contributed by atoms with Crippen LogP contribution in [0.1, 0.15) is 58.4 Å². The van der Waals surface area contributed by atoms with Gasteiger partial charge in [-0.15, -0.1) is 0 Å². The van der Waals surface area contributed by atoms with E-state index in [2.05, 4.69) is 51.2 Å². The lowest BCUT2D eigenvalue weighted by Crippen LogP contribution is -2.27. The highest BCUT2D eigenvalue weighted by Gasteiger charge is 2.20. The van der Waals surface area contributed by atoms with Gasteiger partial charge in [0.25, 0.3) is 0 Å². The molecule has 0 aromatic heterocycles. The summed E-state index contributed by atoms with van der Waals surface area (Å²) in [6.07, 6.45) is 7.20. The second-order valence-electron chi connectivity index (χ2n) is 6.47. The predicted molar refractivity (Wildman–Crippen MR) is 86.6 cm³/mol. The Morgan fingerprint density at radius 2 is 1.80 bits per heavy atom. The van der Waals surface area contributed by atoms with E-state index in [-0.39, 0.29) is 6.10 Å².